The second-order valence-electron chi connectivity index (χ2n) is 15.4. The van der Waals surface area contributed by atoms with Crippen LogP contribution < -0.4 is 0 Å². The molecule has 5 rings (SSSR count). The molecule has 198 valence electrons. The molecule has 9 atom stereocenters. The molecular formula is C32H52O3. The average Bonchev–Trinajstić information content (AvgIpc) is 3.16. The molecule has 3 nitrogen and oxygen atoms in total. The molecule has 5 aliphatic rings. The van der Waals surface area contributed by atoms with Gasteiger partial charge >= 0.3 is 5.97 Å². The number of esters is 1. The molecule has 5 fully saturated rings. The molecule has 5 aliphatic carbocycles. The van der Waals surface area contributed by atoms with Crippen molar-refractivity contribution in [2.75, 3.05) is 6.61 Å². The van der Waals surface area contributed by atoms with Crippen LogP contribution in [0.3, 0.4) is 0 Å². The third-order valence-corrected chi connectivity index (χ3v) is 13.8. The highest BCUT2D eigenvalue weighted by Gasteiger charge is 2.71. The van der Waals surface area contributed by atoms with Crippen LogP contribution in [0.4, 0.5) is 0 Å². The Morgan fingerprint density at radius 2 is 1.60 bits per heavy atom. The first-order valence-electron chi connectivity index (χ1n) is 14.9. The summed E-state index contributed by atoms with van der Waals surface area (Å²) in [5.74, 6) is 4.45. The van der Waals surface area contributed by atoms with E-state index in [1.807, 2.05) is 0 Å². The quantitative estimate of drug-likeness (QED) is 0.383. The van der Waals surface area contributed by atoms with Crippen LogP contribution in [0.15, 0.2) is 0 Å². The maximum absolute atomic E-state index is 13.0. The fraction of sp³-hybridized carbons (Fsp3) is 0.938. The van der Waals surface area contributed by atoms with Crippen LogP contribution in [0.25, 0.3) is 0 Å². The Bertz CT molecular complexity index is 889. The van der Waals surface area contributed by atoms with Gasteiger partial charge in [0, 0.05) is 24.2 Å². The Labute approximate surface area is 214 Å². The molecule has 0 aromatic rings. The lowest BCUT2D eigenvalue weighted by molar-refractivity contribution is -0.239. The van der Waals surface area contributed by atoms with E-state index in [0.717, 1.165) is 24.7 Å². The van der Waals surface area contributed by atoms with Crippen molar-refractivity contribution in [2.24, 2.45) is 62.6 Å². The van der Waals surface area contributed by atoms with Crippen LogP contribution >= 0.6 is 0 Å². The van der Waals surface area contributed by atoms with E-state index in [0.29, 0.717) is 46.9 Å². The summed E-state index contributed by atoms with van der Waals surface area (Å²) in [6.45, 7) is 19.5. The number of carbonyl (C=O) groups excluding carboxylic acids is 2. The van der Waals surface area contributed by atoms with E-state index in [1.165, 1.54) is 51.4 Å². The summed E-state index contributed by atoms with van der Waals surface area (Å²) in [6, 6.07) is 0. The minimum Gasteiger partial charge on any atom is -0.465 e. The number of rotatable bonds is 3. The van der Waals surface area contributed by atoms with Gasteiger partial charge in [0.1, 0.15) is 5.78 Å². The standard InChI is InChI=1S/C32H52O3/c1-20(2)22-11-16-32(19-35-21(3)33)18-17-30(7)23(27(22)32)9-10-25-29(6)14-13-26(34)28(4,5)24(29)12-15-31(25,30)8/h20,22-25,27H,9-19H2,1-8H3/t22-,23+,24-,25+,27+,29-,30+,31+,32+/m0/s1. The van der Waals surface area contributed by atoms with Gasteiger partial charge in [-0.15, -0.1) is 0 Å². The highest BCUT2D eigenvalue weighted by Crippen LogP contribution is 2.77. The number of fused-ring (bicyclic) bond motifs is 7. The number of carbonyl (C=O) groups is 2. The molecule has 0 N–H and O–H groups in total. The SMILES string of the molecule is CC(=O)OC[C@]12CC[C@@H](C(C)C)[C@@H]1[C@H]1CC[C@@H]3[C@@]4(C)CCC(=O)C(C)(C)[C@@H]4CC[C@@]3(C)[C@]1(C)CC2. The van der Waals surface area contributed by atoms with Gasteiger partial charge in [0.2, 0.25) is 0 Å². The number of ether oxygens (including phenoxy) is 1. The Hall–Kier alpha value is -0.860. The van der Waals surface area contributed by atoms with Gasteiger partial charge in [-0.05, 0) is 110 Å². The molecule has 0 aliphatic heterocycles. The summed E-state index contributed by atoms with van der Waals surface area (Å²) in [5, 5.41) is 0. The normalized spacial score (nSPS) is 50.7. The Morgan fingerprint density at radius 3 is 2.26 bits per heavy atom. The maximum atomic E-state index is 13.0. The van der Waals surface area contributed by atoms with Gasteiger partial charge in [-0.1, -0.05) is 48.5 Å². The number of Topliss-reactive ketones (excluding diaryl/α,β-unsaturated/α-hetero) is 1. The molecule has 0 spiro atoms. The van der Waals surface area contributed by atoms with Crippen molar-refractivity contribution in [3.05, 3.63) is 0 Å². The van der Waals surface area contributed by atoms with Crippen LogP contribution in [-0.4, -0.2) is 18.4 Å². The monoisotopic (exact) mass is 484 g/mol. The molecule has 5 saturated carbocycles. The fourth-order valence-electron chi connectivity index (χ4n) is 11.8. The van der Waals surface area contributed by atoms with E-state index in [4.69, 9.17) is 4.74 Å². The predicted molar refractivity (Wildman–Crippen MR) is 141 cm³/mol. The lowest BCUT2D eigenvalue weighted by Gasteiger charge is -2.72. The summed E-state index contributed by atoms with van der Waals surface area (Å²) < 4.78 is 5.81. The van der Waals surface area contributed by atoms with Crippen molar-refractivity contribution in [3.63, 3.8) is 0 Å². The first kappa shape index (κ1) is 25.8. The molecule has 0 aromatic carbocycles. The van der Waals surface area contributed by atoms with E-state index in [9.17, 15) is 9.59 Å². The van der Waals surface area contributed by atoms with E-state index in [-0.39, 0.29) is 22.2 Å². The second kappa shape index (κ2) is 8.07. The zero-order valence-electron chi connectivity index (χ0n) is 24.0. The van der Waals surface area contributed by atoms with Crippen LogP contribution in [0.2, 0.25) is 0 Å². The Morgan fingerprint density at radius 1 is 0.886 bits per heavy atom. The van der Waals surface area contributed by atoms with Gasteiger partial charge in [0.05, 0.1) is 6.61 Å². The summed E-state index contributed by atoms with van der Waals surface area (Å²) in [7, 11) is 0. The molecular weight excluding hydrogens is 432 g/mol. The first-order chi connectivity index (χ1) is 16.2. The molecule has 35 heavy (non-hydrogen) atoms. The van der Waals surface area contributed by atoms with Crippen molar-refractivity contribution in [1.29, 1.82) is 0 Å². The zero-order valence-corrected chi connectivity index (χ0v) is 24.0. The molecule has 0 heterocycles. The summed E-state index contributed by atoms with van der Waals surface area (Å²) in [5.41, 5.74) is 0.949. The lowest BCUT2D eigenvalue weighted by atomic mass is 9.32. The molecule has 0 unspecified atom stereocenters. The van der Waals surface area contributed by atoms with Crippen LogP contribution in [0.5, 0.6) is 0 Å². The van der Waals surface area contributed by atoms with Crippen molar-refractivity contribution < 1.29 is 14.3 Å². The topological polar surface area (TPSA) is 43.4 Å². The molecule has 0 bridgehead atoms. The van der Waals surface area contributed by atoms with E-state index in [2.05, 4.69) is 48.5 Å². The van der Waals surface area contributed by atoms with E-state index >= 15 is 0 Å². The Kier molecular flexibility index (Phi) is 5.94. The van der Waals surface area contributed by atoms with Crippen molar-refractivity contribution in [3.8, 4) is 0 Å². The maximum Gasteiger partial charge on any atom is 0.302 e. The predicted octanol–water partition coefficient (Wildman–Crippen LogP) is 7.86. The molecule has 0 aromatic heterocycles. The van der Waals surface area contributed by atoms with Gasteiger partial charge in [0.15, 0.2) is 0 Å². The lowest BCUT2D eigenvalue weighted by Crippen LogP contribution is -2.66. The highest BCUT2D eigenvalue weighted by atomic mass is 16.5. The van der Waals surface area contributed by atoms with Crippen molar-refractivity contribution in [1.82, 2.24) is 0 Å². The summed E-state index contributed by atoms with van der Waals surface area (Å²) in [4.78, 5) is 24.8. The minimum atomic E-state index is -0.175. The Balaban J connectivity index is 1.53. The average molecular weight is 485 g/mol. The number of hydrogen-bond donors (Lipinski definition) is 0. The molecule has 3 heteroatoms. The molecule has 0 radical (unpaired) electrons. The van der Waals surface area contributed by atoms with Crippen molar-refractivity contribution >= 4 is 11.8 Å². The molecule has 0 amide bonds. The summed E-state index contributed by atoms with van der Waals surface area (Å²) >= 11 is 0. The van der Waals surface area contributed by atoms with E-state index < -0.39 is 0 Å². The van der Waals surface area contributed by atoms with Gasteiger partial charge in [0.25, 0.3) is 0 Å². The minimum absolute atomic E-state index is 0.115. The highest BCUT2D eigenvalue weighted by molar-refractivity contribution is 5.85. The smallest absolute Gasteiger partial charge is 0.302 e. The third-order valence-electron chi connectivity index (χ3n) is 13.8. The third kappa shape index (κ3) is 3.34. The first-order valence-corrected chi connectivity index (χ1v) is 14.9. The molecule has 0 saturated heterocycles. The van der Waals surface area contributed by atoms with Gasteiger partial charge in [-0.25, -0.2) is 0 Å². The van der Waals surface area contributed by atoms with E-state index in [1.54, 1.807) is 6.92 Å². The second-order valence-corrected chi connectivity index (χ2v) is 15.4. The van der Waals surface area contributed by atoms with Crippen LogP contribution in [0, 0.1) is 62.6 Å². The number of hydrogen-bond acceptors (Lipinski definition) is 3. The largest absolute Gasteiger partial charge is 0.465 e. The van der Waals surface area contributed by atoms with Crippen LogP contribution in [0.1, 0.15) is 120 Å². The fourth-order valence-corrected chi connectivity index (χ4v) is 11.8. The van der Waals surface area contributed by atoms with Crippen molar-refractivity contribution in [2.45, 2.75) is 120 Å². The van der Waals surface area contributed by atoms with Gasteiger partial charge < -0.3 is 4.74 Å². The van der Waals surface area contributed by atoms with Crippen LogP contribution in [-0.2, 0) is 14.3 Å². The number of ketones is 1. The van der Waals surface area contributed by atoms with Gasteiger partial charge in [-0.3, -0.25) is 9.59 Å². The van der Waals surface area contributed by atoms with Gasteiger partial charge in [-0.2, -0.15) is 0 Å². The summed E-state index contributed by atoms with van der Waals surface area (Å²) in [6.07, 6.45) is 12.0. The zero-order chi connectivity index (χ0) is 25.6.